The molecular weight excluding hydrogens is 440 g/mol. The number of nitrogens with one attached hydrogen (secondary N) is 1. The van der Waals surface area contributed by atoms with Crippen LogP contribution in [0.25, 0.3) is 28.3 Å². The molecule has 1 amide bonds. The predicted molar refractivity (Wildman–Crippen MR) is 139 cm³/mol. The summed E-state index contributed by atoms with van der Waals surface area (Å²) in [5, 5.41) is 2.87. The van der Waals surface area contributed by atoms with Crippen LogP contribution in [0.15, 0.2) is 73.3 Å². The predicted octanol–water partition coefficient (Wildman–Crippen LogP) is 5.77. The number of ether oxygens (including phenoxy) is 1. The molecule has 2 aromatic heterocycles. The number of anilines is 1. The molecule has 35 heavy (non-hydrogen) atoms. The first-order valence-electron chi connectivity index (χ1n) is 11.7. The van der Waals surface area contributed by atoms with E-state index in [9.17, 15) is 9.59 Å². The van der Waals surface area contributed by atoms with Gasteiger partial charge in [-0.1, -0.05) is 68.3 Å². The molecular formula is C28H28N4O3. The van der Waals surface area contributed by atoms with E-state index >= 15 is 0 Å². The highest BCUT2D eigenvalue weighted by atomic mass is 16.5. The summed E-state index contributed by atoms with van der Waals surface area (Å²) in [7, 11) is 0. The molecule has 7 heteroatoms. The van der Waals surface area contributed by atoms with Crippen LogP contribution in [0, 0.1) is 0 Å². The van der Waals surface area contributed by atoms with Crippen molar-refractivity contribution in [2.75, 3.05) is 11.9 Å². The summed E-state index contributed by atoms with van der Waals surface area (Å²) in [5.41, 5.74) is 3.28. The summed E-state index contributed by atoms with van der Waals surface area (Å²) in [6.45, 7) is 6.54. The van der Waals surface area contributed by atoms with Crippen molar-refractivity contribution in [2.24, 2.45) is 0 Å². The lowest BCUT2D eigenvalue weighted by Gasteiger charge is -2.10. The molecule has 2 heterocycles. The normalized spacial score (nSPS) is 11.2. The zero-order valence-electron chi connectivity index (χ0n) is 19.7. The number of amides is 1. The van der Waals surface area contributed by atoms with Crippen LogP contribution in [0.2, 0.25) is 0 Å². The average molecular weight is 469 g/mol. The SMILES string of the molecule is C=CCn1c(NC(=O)C=Cc2ccccc2)c(C(=O)OCCCCC)c2nc3ccccc3nc21. The number of rotatable bonds is 10. The van der Waals surface area contributed by atoms with E-state index in [0.717, 1.165) is 24.8 Å². The minimum Gasteiger partial charge on any atom is -0.462 e. The van der Waals surface area contributed by atoms with Crippen molar-refractivity contribution >= 4 is 46.0 Å². The molecule has 0 bridgehead atoms. The third-order valence-electron chi connectivity index (χ3n) is 5.52. The van der Waals surface area contributed by atoms with Gasteiger partial charge in [-0.3, -0.25) is 4.79 Å². The maximum absolute atomic E-state index is 13.3. The third-order valence-corrected chi connectivity index (χ3v) is 5.52. The van der Waals surface area contributed by atoms with Crippen LogP contribution in [0.4, 0.5) is 5.82 Å². The maximum atomic E-state index is 13.3. The van der Waals surface area contributed by atoms with E-state index in [1.807, 2.05) is 54.6 Å². The van der Waals surface area contributed by atoms with E-state index in [4.69, 9.17) is 14.7 Å². The van der Waals surface area contributed by atoms with Crippen LogP contribution in [0.5, 0.6) is 0 Å². The standard InChI is InChI=1S/C28H28N4O3/c1-3-5-11-19-35-28(34)24-25-27(30-22-15-10-9-14-21(22)29-25)32(18-4-2)26(24)31-23(33)17-16-20-12-7-6-8-13-20/h4,6-10,12-17H,2-3,5,11,18-19H2,1H3,(H,31,33). The third kappa shape index (κ3) is 5.46. The second-order valence-electron chi connectivity index (χ2n) is 8.08. The van der Waals surface area contributed by atoms with Crippen molar-refractivity contribution in [1.29, 1.82) is 0 Å². The molecule has 2 aromatic carbocycles. The minimum atomic E-state index is -0.541. The molecule has 0 aliphatic heterocycles. The van der Waals surface area contributed by atoms with E-state index in [1.165, 1.54) is 6.08 Å². The summed E-state index contributed by atoms with van der Waals surface area (Å²) >= 11 is 0. The van der Waals surface area contributed by atoms with Crippen molar-refractivity contribution in [3.05, 3.63) is 84.5 Å². The van der Waals surface area contributed by atoms with E-state index < -0.39 is 5.97 Å². The number of carbonyl (C=O) groups excluding carboxylic acids is 2. The van der Waals surface area contributed by atoms with Gasteiger partial charge in [-0.2, -0.15) is 0 Å². The zero-order chi connectivity index (χ0) is 24.6. The van der Waals surface area contributed by atoms with Crippen LogP contribution in [0.3, 0.4) is 0 Å². The van der Waals surface area contributed by atoms with Crippen LogP contribution < -0.4 is 5.32 Å². The topological polar surface area (TPSA) is 86.1 Å². The van der Waals surface area contributed by atoms with Gasteiger partial charge in [-0.25, -0.2) is 14.8 Å². The highest BCUT2D eigenvalue weighted by Crippen LogP contribution is 2.31. The van der Waals surface area contributed by atoms with Gasteiger partial charge in [0.15, 0.2) is 5.65 Å². The van der Waals surface area contributed by atoms with Crippen molar-refractivity contribution < 1.29 is 14.3 Å². The summed E-state index contributed by atoms with van der Waals surface area (Å²) in [5.74, 6) is -0.634. The van der Waals surface area contributed by atoms with Gasteiger partial charge in [0, 0.05) is 12.6 Å². The summed E-state index contributed by atoms with van der Waals surface area (Å²) in [4.78, 5) is 35.6. The Kier molecular flexibility index (Phi) is 7.67. The number of fused-ring (bicyclic) bond motifs is 2. The summed E-state index contributed by atoms with van der Waals surface area (Å²) < 4.78 is 7.31. The first kappa shape index (κ1) is 23.9. The first-order valence-corrected chi connectivity index (χ1v) is 11.7. The van der Waals surface area contributed by atoms with Gasteiger partial charge in [0.25, 0.3) is 0 Å². The van der Waals surface area contributed by atoms with E-state index in [-0.39, 0.29) is 11.5 Å². The Morgan fingerprint density at radius 1 is 1.03 bits per heavy atom. The van der Waals surface area contributed by atoms with Gasteiger partial charge in [0.05, 0.1) is 17.6 Å². The molecule has 0 aliphatic rings. The Morgan fingerprint density at radius 3 is 2.46 bits per heavy atom. The average Bonchev–Trinajstić information content (AvgIpc) is 3.16. The number of para-hydroxylation sites is 2. The van der Waals surface area contributed by atoms with Crippen molar-refractivity contribution in [1.82, 2.24) is 14.5 Å². The molecule has 4 aromatic rings. The highest BCUT2D eigenvalue weighted by molar-refractivity contribution is 6.13. The molecule has 7 nitrogen and oxygen atoms in total. The van der Waals surface area contributed by atoms with E-state index in [0.29, 0.717) is 41.2 Å². The fraction of sp³-hybridized carbons (Fsp3) is 0.214. The Balaban J connectivity index is 1.79. The summed E-state index contributed by atoms with van der Waals surface area (Å²) in [6.07, 6.45) is 7.57. The number of carbonyl (C=O) groups is 2. The Hall–Kier alpha value is -4.26. The molecule has 0 aliphatic carbocycles. The van der Waals surface area contributed by atoms with Crippen molar-refractivity contribution in [2.45, 2.75) is 32.7 Å². The van der Waals surface area contributed by atoms with Gasteiger partial charge >= 0.3 is 5.97 Å². The van der Waals surface area contributed by atoms with E-state index in [1.54, 1.807) is 16.7 Å². The van der Waals surface area contributed by atoms with Crippen LogP contribution >= 0.6 is 0 Å². The molecule has 0 spiro atoms. The Labute approximate surface area is 204 Å². The lowest BCUT2D eigenvalue weighted by atomic mass is 10.2. The van der Waals surface area contributed by atoms with Crippen molar-refractivity contribution in [3.8, 4) is 0 Å². The van der Waals surface area contributed by atoms with Gasteiger partial charge in [-0.15, -0.1) is 6.58 Å². The van der Waals surface area contributed by atoms with Gasteiger partial charge < -0.3 is 14.6 Å². The van der Waals surface area contributed by atoms with Gasteiger partial charge in [0.1, 0.15) is 16.9 Å². The molecule has 0 atom stereocenters. The van der Waals surface area contributed by atoms with Gasteiger partial charge in [-0.05, 0) is 30.2 Å². The number of aromatic nitrogens is 3. The zero-order valence-corrected chi connectivity index (χ0v) is 19.7. The lowest BCUT2D eigenvalue weighted by molar-refractivity contribution is -0.111. The minimum absolute atomic E-state index is 0.193. The first-order chi connectivity index (χ1) is 17.1. The number of allylic oxidation sites excluding steroid dienone is 1. The van der Waals surface area contributed by atoms with Crippen LogP contribution in [-0.2, 0) is 16.1 Å². The quantitative estimate of drug-likeness (QED) is 0.138. The van der Waals surface area contributed by atoms with E-state index in [2.05, 4.69) is 18.8 Å². The number of nitrogens with zero attached hydrogens (tertiary/aromatic N) is 3. The second kappa shape index (κ2) is 11.2. The lowest BCUT2D eigenvalue weighted by Crippen LogP contribution is -2.16. The molecule has 0 fully saturated rings. The highest BCUT2D eigenvalue weighted by Gasteiger charge is 2.27. The molecule has 1 N–H and O–H groups in total. The van der Waals surface area contributed by atoms with Crippen LogP contribution in [-0.4, -0.2) is 33.0 Å². The molecule has 0 saturated heterocycles. The van der Waals surface area contributed by atoms with Crippen LogP contribution in [0.1, 0.15) is 42.1 Å². The maximum Gasteiger partial charge on any atom is 0.344 e. The summed E-state index contributed by atoms with van der Waals surface area (Å²) in [6, 6.07) is 16.9. The fourth-order valence-corrected chi connectivity index (χ4v) is 3.81. The number of benzene rings is 2. The van der Waals surface area contributed by atoms with Crippen molar-refractivity contribution in [3.63, 3.8) is 0 Å². The van der Waals surface area contributed by atoms with Gasteiger partial charge in [0.2, 0.25) is 5.91 Å². The Bertz CT molecular complexity index is 1390. The largest absolute Gasteiger partial charge is 0.462 e. The number of unbranched alkanes of at least 4 members (excludes halogenated alkanes) is 2. The number of hydrogen-bond acceptors (Lipinski definition) is 5. The Morgan fingerprint density at radius 2 is 1.74 bits per heavy atom. The number of hydrogen-bond donors (Lipinski definition) is 1. The second-order valence-corrected chi connectivity index (χ2v) is 8.08. The number of esters is 1. The molecule has 0 unspecified atom stereocenters. The molecule has 178 valence electrons. The monoisotopic (exact) mass is 468 g/mol. The fourth-order valence-electron chi connectivity index (χ4n) is 3.81. The molecule has 0 radical (unpaired) electrons. The molecule has 4 rings (SSSR count). The smallest absolute Gasteiger partial charge is 0.344 e. The molecule has 0 saturated carbocycles.